The average molecular weight is 351 g/mol. The number of rotatable bonds is 6. The molecule has 0 saturated heterocycles. The van der Waals surface area contributed by atoms with Crippen LogP contribution in [-0.2, 0) is 0 Å². The summed E-state index contributed by atoms with van der Waals surface area (Å²) in [5, 5.41) is 16.0. The molecule has 0 aromatic heterocycles. The molecule has 2 rings (SSSR count). The first kappa shape index (κ1) is 21.1. The highest BCUT2D eigenvalue weighted by Crippen LogP contribution is 2.24. The Kier molecular flexibility index (Phi) is 8.33. The molecule has 22 heavy (non-hydrogen) atoms. The molecule has 0 saturated carbocycles. The van der Waals surface area contributed by atoms with E-state index in [1.807, 2.05) is 0 Å². The van der Waals surface area contributed by atoms with Gasteiger partial charge in [0.2, 0.25) is 0 Å². The van der Waals surface area contributed by atoms with Crippen molar-refractivity contribution >= 4 is 36.5 Å². The van der Waals surface area contributed by atoms with E-state index in [1.165, 1.54) is 0 Å². The monoisotopic (exact) mass is 350 g/mol. The topological polar surface area (TPSA) is 73.5 Å². The molecule has 0 radical (unpaired) electrons. The summed E-state index contributed by atoms with van der Waals surface area (Å²) in [6.45, 7) is 11.9. The third-order valence-electron chi connectivity index (χ3n) is 4.24. The molecule has 0 bridgehead atoms. The molecule has 0 aliphatic carbocycles. The van der Waals surface area contributed by atoms with E-state index in [0.717, 1.165) is 50.7 Å². The van der Waals surface area contributed by atoms with E-state index in [0.29, 0.717) is 0 Å². The Morgan fingerprint density at radius 2 is 1.23 bits per heavy atom. The molecule has 8 heteroatoms. The third kappa shape index (κ3) is 4.32. The number of hydrogen-bond donors (Lipinski definition) is 2. The Labute approximate surface area is 145 Å². The van der Waals surface area contributed by atoms with Crippen LogP contribution in [0.15, 0.2) is 20.2 Å². The zero-order valence-corrected chi connectivity index (χ0v) is 15.5. The first-order chi connectivity index (χ1) is 9.54. The van der Waals surface area contributed by atoms with Crippen molar-refractivity contribution in [3.63, 3.8) is 0 Å². The van der Waals surface area contributed by atoms with Gasteiger partial charge in [0.15, 0.2) is 0 Å². The minimum Gasteiger partial charge on any atom is -0.370 e. The van der Waals surface area contributed by atoms with Crippen LogP contribution in [0, 0.1) is 0 Å². The molecule has 0 spiro atoms. The van der Waals surface area contributed by atoms with Gasteiger partial charge in [-0.1, -0.05) is 13.8 Å². The maximum Gasteiger partial charge on any atom is 0.135 e. The molecule has 0 aromatic rings. The quantitative estimate of drug-likeness (QED) is 0.722. The summed E-state index contributed by atoms with van der Waals surface area (Å²) in [5.41, 5.74) is -0.710. The minimum atomic E-state index is -0.355. The van der Waals surface area contributed by atoms with Crippen LogP contribution in [-0.4, -0.2) is 48.9 Å². The molecular weight excluding hydrogens is 323 g/mol. The summed E-state index contributed by atoms with van der Waals surface area (Å²) >= 11 is 0. The standard InChI is InChI=1S/C14H26N6.2ClH/c1-5-13(3,11-15-7-8-16-11)19-20-14(4,6-2)12-17-9-10-18-12;;/h5-10H2,1-4H3,(H,15,16)(H,17,18);2*1H/b20-19+;;. The molecule has 2 unspecified atom stereocenters. The zero-order chi connectivity index (χ0) is 14.6. The number of halogens is 2. The van der Waals surface area contributed by atoms with E-state index >= 15 is 0 Å². The Morgan fingerprint density at radius 1 is 0.864 bits per heavy atom. The van der Waals surface area contributed by atoms with Gasteiger partial charge in [-0.05, 0) is 26.7 Å². The number of amidine groups is 2. The molecule has 0 aromatic carbocycles. The number of aliphatic imine (C=N–C) groups is 2. The van der Waals surface area contributed by atoms with Crippen molar-refractivity contribution in [1.82, 2.24) is 10.6 Å². The van der Waals surface area contributed by atoms with Crippen LogP contribution >= 0.6 is 24.8 Å². The Balaban J connectivity index is 0.00000220. The van der Waals surface area contributed by atoms with Crippen LogP contribution in [0.3, 0.4) is 0 Å². The van der Waals surface area contributed by atoms with Gasteiger partial charge in [0.25, 0.3) is 0 Å². The fourth-order valence-electron chi connectivity index (χ4n) is 2.31. The Hall–Kier alpha value is -0.880. The maximum atomic E-state index is 4.65. The van der Waals surface area contributed by atoms with Gasteiger partial charge in [0, 0.05) is 13.1 Å². The van der Waals surface area contributed by atoms with Crippen LogP contribution in [0.5, 0.6) is 0 Å². The second kappa shape index (κ2) is 8.67. The lowest BCUT2D eigenvalue weighted by molar-refractivity contribution is 0.485. The van der Waals surface area contributed by atoms with Gasteiger partial charge in [-0.15, -0.1) is 24.8 Å². The second-order valence-electron chi connectivity index (χ2n) is 5.77. The minimum absolute atomic E-state index is 0. The largest absolute Gasteiger partial charge is 0.370 e. The average Bonchev–Trinajstić information content (AvgIpc) is 3.16. The summed E-state index contributed by atoms with van der Waals surface area (Å²) < 4.78 is 0. The van der Waals surface area contributed by atoms with E-state index in [9.17, 15) is 0 Å². The first-order valence-electron chi connectivity index (χ1n) is 7.56. The maximum absolute atomic E-state index is 4.65. The van der Waals surface area contributed by atoms with E-state index in [2.05, 4.69) is 58.5 Å². The SMILES string of the molecule is CCC(C)(/N=N/C(C)(CC)C1=NCCN1)C1=NCCN1.Cl.Cl. The number of azo groups is 1. The summed E-state index contributed by atoms with van der Waals surface area (Å²) in [4.78, 5) is 9.02. The Bertz CT molecular complexity index is 411. The van der Waals surface area contributed by atoms with Gasteiger partial charge in [-0.25, -0.2) is 0 Å². The lowest BCUT2D eigenvalue weighted by Gasteiger charge is -2.27. The molecule has 2 aliphatic heterocycles. The molecule has 2 aliphatic rings. The lowest BCUT2D eigenvalue weighted by atomic mass is 9.97. The molecule has 0 fully saturated rings. The highest BCUT2D eigenvalue weighted by atomic mass is 35.5. The third-order valence-corrected chi connectivity index (χ3v) is 4.24. The second-order valence-corrected chi connectivity index (χ2v) is 5.77. The zero-order valence-electron chi connectivity index (χ0n) is 13.8. The predicted molar refractivity (Wildman–Crippen MR) is 97.4 cm³/mol. The van der Waals surface area contributed by atoms with Crippen LogP contribution in [0.25, 0.3) is 0 Å². The number of nitrogens with zero attached hydrogens (tertiary/aromatic N) is 4. The van der Waals surface area contributed by atoms with Crippen LogP contribution in [0.4, 0.5) is 0 Å². The molecular formula is C14H28Cl2N6. The van der Waals surface area contributed by atoms with E-state index in [-0.39, 0.29) is 35.9 Å². The smallest absolute Gasteiger partial charge is 0.135 e. The van der Waals surface area contributed by atoms with E-state index in [1.54, 1.807) is 0 Å². The van der Waals surface area contributed by atoms with E-state index < -0.39 is 0 Å². The van der Waals surface area contributed by atoms with Crippen molar-refractivity contribution in [3.8, 4) is 0 Å². The Morgan fingerprint density at radius 3 is 1.45 bits per heavy atom. The predicted octanol–water partition coefficient (Wildman–Crippen LogP) is 2.62. The summed E-state index contributed by atoms with van der Waals surface area (Å²) in [6, 6.07) is 0. The van der Waals surface area contributed by atoms with Gasteiger partial charge in [-0.2, -0.15) is 10.2 Å². The summed E-state index contributed by atoms with van der Waals surface area (Å²) in [7, 11) is 0. The van der Waals surface area contributed by atoms with Crippen molar-refractivity contribution in [2.45, 2.75) is 51.6 Å². The van der Waals surface area contributed by atoms with E-state index in [4.69, 9.17) is 0 Å². The van der Waals surface area contributed by atoms with Crippen molar-refractivity contribution in [3.05, 3.63) is 0 Å². The molecule has 128 valence electrons. The number of hydrogen-bond acceptors (Lipinski definition) is 6. The molecule has 2 heterocycles. The normalized spacial score (nSPS) is 22.4. The summed E-state index contributed by atoms with van der Waals surface area (Å²) in [5.74, 6) is 1.92. The van der Waals surface area contributed by atoms with Gasteiger partial charge in [-0.3, -0.25) is 9.98 Å². The number of nitrogens with one attached hydrogen (secondary N) is 2. The first-order valence-corrected chi connectivity index (χ1v) is 7.56. The van der Waals surface area contributed by atoms with Crippen molar-refractivity contribution in [1.29, 1.82) is 0 Å². The van der Waals surface area contributed by atoms with Crippen LogP contribution in [0.2, 0.25) is 0 Å². The van der Waals surface area contributed by atoms with Gasteiger partial charge < -0.3 is 10.6 Å². The highest BCUT2D eigenvalue weighted by Gasteiger charge is 2.35. The van der Waals surface area contributed by atoms with Crippen LogP contribution in [0.1, 0.15) is 40.5 Å². The molecule has 0 amide bonds. The summed E-state index contributed by atoms with van der Waals surface area (Å²) in [6.07, 6.45) is 1.75. The van der Waals surface area contributed by atoms with Crippen molar-refractivity contribution in [2.24, 2.45) is 20.2 Å². The van der Waals surface area contributed by atoms with Gasteiger partial charge >= 0.3 is 0 Å². The van der Waals surface area contributed by atoms with Crippen LogP contribution < -0.4 is 10.6 Å². The van der Waals surface area contributed by atoms with Crippen molar-refractivity contribution < 1.29 is 0 Å². The van der Waals surface area contributed by atoms with Gasteiger partial charge in [0.1, 0.15) is 22.7 Å². The highest BCUT2D eigenvalue weighted by molar-refractivity contribution is 5.93. The van der Waals surface area contributed by atoms with Gasteiger partial charge in [0.05, 0.1) is 13.1 Å². The fraction of sp³-hybridized carbons (Fsp3) is 0.857. The van der Waals surface area contributed by atoms with Crippen molar-refractivity contribution in [2.75, 3.05) is 26.2 Å². The fourth-order valence-corrected chi connectivity index (χ4v) is 2.31. The molecule has 2 N–H and O–H groups in total. The lowest BCUT2D eigenvalue weighted by Crippen LogP contribution is -2.43. The molecule has 6 nitrogen and oxygen atoms in total. The molecule has 2 atom stereocenters.